The van der Waals surface area contributed by atoms with Crippen LogP contribution >= 0.6 is 0 Å². The lowest BCUT2D eigenvalue weighted by atomic mass is 9.75. The zero-order valence-corrected chi connectivity index (χ0v) is 15.5. The maximum Gasteiger partial charge on any atom is 0.224 e. The molecule has 1 saturated carbocycles. The van der Waals surface area contributed by atoms with Gasteiger partial charge in [-0.25, -0.2) is 0 Å². The predicted molar refractivity (Wildman–Crippen MR) is 86.9 cm³/mol. The lowest BCUT2D eigenvalue weighted by molar-refractivity contribution is -0.136. The van der Waals surface area contributed by atoms with Gasteiger partial charge in [0, 0.05) is 11.3 Å². The van der Waals surface area contributed by atoms with Crippen molar-refractivity contribution >= 4 is 11.7 Å². The van der Waals surface area contributed by atoms with Gasteiger partial charge in [0.05, 0.1) is 6.04 Å². The summed E-state index contributed by atoms with van der Waals surface area (Å²) in [6.07, 6.45) is 0. The lowest BCUT2D eigenvalue weighted by Crippen LogP contribution is -2.53. The highest BCUT2D eigenvalue weighted by molar-refractivity contribution is 5.94. The first-order valence-corrected chi connectivity index (χ1v) is 7.89. The maximum atomic E-state index is 12.7. The van der Waals surface area contributed by atoms with Gasteiger partial charge in [-0.3, -0.25) is 9.59 Å². The summed E-state index contributed by atoms with van der Waals surface area (Å²) in [6.45, 7) is 20.2. The fourth-order valence-electron chi connectivity index (χ4n) is 3.19. The van der Waals surface area contributed by atoms with E-state index in [0.717, 1.165) is 0 Å². The van der Waals surface area contributed by atoms with Gasteiger partial charge in [-0.2, -0.15) is 0 Å². The van der Waals surface area contributed by atoms with Gasteiger partial charge in [0.2, 0.25) is 5.91 Å². The van der Waals surface area contributed by atoms with E-state index >= 15 is 0 Å². The number of hydrogen-bond donors (Lipinski definition) is 1. The minimum Gasteiger partial charge on any atom is -0.345 e. The van der Waals surface area contributed by atoms with Crippen LogP contribution in [0.25, 0.3) is 0 Å². The summed E-state index contributed by atoms with van der Waals surface area (Å²) in [5.41, 5.74) is -0.766. The van der Waals surface area contributed by atoms with Crippen LogP contribution in [0.5, 0.6) is 0 Å². The molecule has 0 saturated heterocycles. The van der Waals surface area contributed by atoms with E-state index in [4.69, 9.17) is 0 Å². The highest BCUT2D eigenvalue weighted by Crippen LogP contribution is 2.68. The molecule has 21 heavy (non-hydrogen) atoms. The van der Waals surface area contributed by atoms with E-state index in [1.54, 1.807) is 0 Å². The molecular weight excluding hydrogens is 262 g/mol. The van der Waals surface area contributed by atoms with Gasteiger partial charge < -0.3 is 5.32 Å². The summed E-state index contributed by atoms with van der Waals surface area (Å²) >= 11 is 0. The van der Waals surface area contributed by atoms with Crippen LogP contribution in [0, 0.1) is 27.6 Å². The van der Waals surface area contributed by atoms with Crippen LogP contribution in [-0.4, -0.2) is 17.7 Å². The van der Waals surface area contributed by atoms with E-state index in [0.29, 0.717) is 0 Å². The number of rotatable bonds is 3. The number of carbonyl (C=O) groups excluding carboxylic acids is 2. The van der Waals surface area contributed by atoms with Crippen molar-refractivity contribution in [1.29, 1.82) is 0 Å². The third kappa shape index (κ3) is 3.17. The summed E-state index contributed by atoms with van der Waals surface area (Å²) in [5.74, 6) is 0.0877. The Morgan fingerprint density at radius 1 is 0.905 bits per heavy atom. The molecule has 0 aromatic rings. The van der Waals surface area contributed by atoms with Gasteiger partial charge in [0.15, 0.2) is 5.78 Å². The Hall–Kier alpha value is -0.860. The fourth-order valence-corrected chi connectivity index (χ4v) is 3.19. The van der Waals surface area contributed by atoms with Crippen molar-refractivity contribution in [3.05, 3.63) is 0 Å². The maximum absolute atomic E-state index is 12.7. The summed E-state index contributed by atoms with van der Waals surface area (Å²) in [6, 6.07) is -0.447. The van der Waals surface area contributed by atoms with E-state index < -0.39 is 11.5 Å². The summed E-state index contributed by atoms with van der Waals surface area (Å²) in [4.78, 5) is 25.4. The van der Waals surface area contributed by atoms with E-state index in [1.807, 2.05) is 41.5 Å². The normalized spacial score (nSPS) is 22.6. The number of hydrogen-bond acceptors (Lipinski definition) is 2. The third-order valence-electron chi connectivity index (χ3n) is 5.44. The molecule has 0 aliphatic heterocycles. The van der Waals surface area contributed by atoms with Crippen LogP contribution in [0.2, 0.25) is 0 Å². The molecule has 0 radical (unpaired) electrons. The predicted octanol–water partition coefficient (Wildman–Crippen LogP) is 3.81. The molecule has 1 fully saturated rings. The minimum atomic E-state index is -0.459. The molecule has 3 nitrogen and oxygen atoms in total. The Morgan fingerprint density at radius 2 is 1.29 bits per heavy atom. The Morgan fingerprint density at radius 3 is 1.52 bits per heavy atom. The molecule has 0 unspecified atom stereocenters. The Kier molecular flexibility index (Phi) is 4.18. The summed E-state index contributed by atoms with van der Waals surface area (Å²) in [7, 11) is 0. The van der Waals surface area contributed by atoms with Crippen molar-refractivity contribution in [2.45, 2.75) is 75.3 Å². The monoisotopic (exact) mass is 295 g/mol. The summed E-state index contributed by atoms with van der Waals surface area (Å²) < 4.78 is 0. The topological polar surface area (TPSA) is 46.2 Å². The SMILES string of the molecule is CC(C)(C)C(=O)[C@@H](NC(=O)C1C(C)(C)C1(C)C)C(C)(C)C. The first-order chi connectivity index (χ1) is 9.04. The average Bonchev–Trinajstić information content (AvgIpc) is 2.61. The highest BCUT2D eigenvalue weighted by atomic mass is 16.2. The molecule has 3 heteroatoms. The van der Waals surface area contributed by atoms with Crippen LogP contribution in [-0.2, 0) is 9.59 Å². The Balaban J connectivity index is 2.96. The number of carbonyl (C=O) groups is 2. The van der Waals surface area contributed by atoms with Crippen molar-refractivity contribution < 1.29 is 9.59 Å². The van der Waals surface area contributed by atoms with E-state index in [2.05, 4.69) is 33.0 Å². The van der Waals surface area contributed by atoms with Gasteiger partial charge in [0.1, 0.15) is 0 Å². The molecule has 0 aromatic heterocycles. The van der Waals surface area contributed by atoms with E-state index in [1.165, 1.54) is 0 Å². The van der Waals surface area contributed by atoms with Crippen LogP contribution in [0.3, 0.4) is 0 Å². The van der Waals surface area contributed by atoms with Gasteiger partial charge in [-0.15, -0.1) is 0 Å². The van der Waals surface area contributed by atoms with Crippen LogP contribution in [0.1, 0.15) is 69.2 Å². The van der Waals surface area contributed by atoms with Crippen molar-refractivity contribution in [1.82, 2.24) is 5.32 Å². The average molecular weight is 295 g/mol. The molecular formula is C18H33NO2. The first-order valence-electron chi connectivity index (χ1n) is 7.89. The molecule has 0 heterocycles. The molecule has 1 atom stereocenters. The first kappa shape index (κ1) is 18.2. The van der Waals surface area contributed by atoms with Gasteiger partial charge in [0.25, 0.3) is 0 Å². The number of Topliss-reactive ketones (excluding diaryl/α,β-unsaturated/α-hetero) is 1. The van der Waals surface area contributed by atoms with Gasteiger partial charge >= 0.3 is 0 Å². The second kappa shape index (κ2) is 4.82. The highest BCUT2D eigenvalue weighted by Gasteiger charge is 2.68. The lowest BCUT2D eigenvalue weighted by Gasteiger charge is -2.35. The van der Waals surface area contributed by atoms with Gasteiger partial charge in [-0.1, -0.05) is 69.2 Å². The van der Waals surface area contributed by atoms with Crippen LogP contribution in [0.4, 0.5) is 0 Å². The van der Waals surface area contributed by atoms with Crippen molar-refractivity contribution in [2.75, 3.05) is 0 Å². The quantitative estimate of drug-likeness (QED) is 0.860. The molecule has 0 spiro atoms. The summed E-state index contributed by atoms with van der Waals surface area (Å²) in [5, 5.41) is 3.05. The molecule has 1 rings (SSSR count). The Bertz CT molecular complexity index is 433. The standard InChI is InChI=1S/C18H33NO2/c1-15(2,3)12(13(20)16(4,5)6)19-14(21)11-17(7,8)18(11,9)10/h11-12H,1-10H3,(H,19,21)/t12-/m1/s1. The van der Waals surface area contributed by atoms with Crippen LogP contribution in [0.15, 0.2) is 0 Å². The third-order valence-corrected chi connectivity index (χ3v) is 5.44. The molecule has 0 aromatic carbocycles. The van der Waals surface area contributed by atoms with Crippen molar-refractivity contribution in [3.8, 4) is 0 Å². The Labute approximate surface area is 130 Å². The molecule has 0 bridgehead atoms. The number of ketones is 1. The molecule has 1 amide bonds. The van der Waals surface area contributed by atoms with Crippen molar-refractivity contribution in [3.63, 3.8) is 0 Å². The second-order valence-corrected chi connectivity index (χ2v) is 9.80. The van der Waals surface area contributed by atoms with Crippen molar-refractivity contribution in [2.24, 2.45) is 27.6 Å². The van der Waals surface area contributed by atoms with Crippen LogP contribution < -0.4 is 5.32 Å². The molecule has 1 aliphatic carbocycles. The zero-order chi connectivity index (χ0) is 17.0. The van der Waals surface area contributed by atoms with E-state index in [9.17, 15) is 9.59 Å². The fraction of sp³-hybridized carbons (Fsp3) is 0.889. The van der Waals surface area contributed by atoms with E-state index in [-0.39, 0.29) is 33.9 Å². The molecule has 1 aliphatic rings. The number of amides is 1. The van der Waals surface area contributed by atoms with Gasteiger partial charge in [-0.05, 0) is 16.2 Å². The smallest absolute Gasteiger partial charge is 0.224 e. The largest absolute Gasteiger partial charge is 0.345 e. The molecule has 122 valence electrons. The zero-order valence-electron chi connectivity index (χ0n) is 15.5. The second-order valence-electron chi connectivity index (χ2n) is 9.80. The number of nitrogens with one attached hydrogen (secondary N) is 1. The minimum absolute atomic E-state index is 0.00963. The molecule has 1 N–H and O–H groups in total.